The van der Waals surface area contributed by atoms with Crippen molar-refractivity contribution in [2.45, 2.75) is 38.4 Å². The second-order valence-electron chi connectivity index (χ2n) is 9.45. The van der Waals surface area contributed by atoms with Crippen molar-refractivity contribution in [3.63, 3.8) is 0 Å². The number of hydrogen-bond donors (Lipinski definition) is 0. The van der Waals surface area contributed by atoms with Crippen LogP contribution in [0.3, 0.4) is 0 Å². The molecule has 0 saturated carbocycles. The molecule has 2 aromatic carbocycles. The van der Waals surface area contributed by atoms with Gasteiger partial charge in [-0.15, -0.1) is 0 Å². The molecule has 4 aromatic rings. The summed E-state index contributed by atoms with van der Waals surface area (Å²) in [6.07, 6.45) is -0.781. The van der Waals surface area contributed by atoms with Gasteiger partial charge in [-0.25, -0.2) is 9.50 Å². The van der Waals surface area contributed by atoms with Crippen LogP contribution in [-0.2, 0) is 34.1 Å². The number of benzene rings is 2. The Morgan fingerprint density at radius 3 is 2.30 bits per heavy atom. The number of aromatic nitrogens is 3. The summed E-state index contributed by atoms with van der Waals surface area (Å²) < 4.78 is 46.5. The number of carbonyl (C=O) groups excluding carboxylic acids is 1. The maximum absolute atomic E-state index is 13.6. The molecule has 0 saturated heterocycles. The second kappa shape index (κ2) is 10.3. The summed E-state index contributed by atoms with van der Waals surface area (Å²) in [7, 11) is 3.84. The van der Waals surface area contributed by atoms with Crippen molar-refractivity contribution in [1.29, 1.82) is 0 Å². The van der Waals surface area contributed by atoms with Crippen molar-refractivity contribution >= 4 is 11.6 Å². The maximum Gasteiger partial charge on any atom is 0.416 e. The molecule has 2 aromatic heterocycles. The van der Waals surface area contributed by atoms with E-state index in [4.69, 9.17) is 4.74 Å². The highest BCUT2D eigenvalue weighted by molar-refractivity contribution is 5.84. The van der Waals surface area contributed by atoms with Gasteiger partial charge in [-0.05, 0) is 57.6 Å². The Bertz CT molecular complexity index is 1380. The third-order valence-corrected chi connectivity index (χ3v) is 6.26. The zero-order valence-electron chi connectivity index (χ0n) is 21.2. The van der Waals surface area contributed by atoms with Crippen LogP contribution in [-0.4, -0.2) is 46.2 Å². The van der Waals surface area contributed by atoms with Crippen molar-refractivity contribution in [1.82, 2.24) is 19.5 Å². The van der Waals surface area contributed by atoms with Gasteiger partial charge in [0.25, 0.3) is 0 Å². The summed E-state index contributed by atoms with van der Waals surface area (Å²) in [4.78, 5) is 20.2. The molecule has 0 fully saturated rings. The lowest BCUT2D eigenvalue weighted by Gasteiger charge is -2.30. The van der Waals surface area contributed by atoms with Gasteiger partial charge < -0.3 is 9.64 Å². The third-order valence-electron chi connectivity index (χ3n) is 6.26. The fourth-order valence-corrected chi connectivity index (χ4v) is 4.60. The van der Waals surface area contributed by atoms with E-state index in [1.807, 2.05) is 56.3 Å². The number of fused-ring (bicyclic) bond motifs is 1. The molecule has 1 atom stereocenters. The summed E-state index contributed by atoms with van der Waals surface area (Å²) >= 11 is 0. The number of alkyl halides is 3. The summed E-state index contributed by atoms with van der Waals surface area (Å²) in [6, 6.07) is 14.6. The zero-order valence-corrected chi connectivity index (χ0v) is 21.2. The van der Waals surface area contributed by atoms with E-state index in [1.54, 1.807) is 23.8 Å². The zero-order chi connectivity index (χ0) is 26.8. The van der Waals surface area contributed by atoms with Crippen LogP contribution in [0.2, 0.25) is 0 Å². The van der Waals surface area contributed by atoms with Crippen LogP contribution in [0.1, 0.15) is 36.2 Å². The minimum Gasteiger partial charge on any atom is -0.465 e. The van der Waals surface area contributed by atoms with Gasteiger partial charge in [-0.1, -0.05) is 42.5 Å². The lowest BCUT2D eigenvalue weighted by molar-refractivity contribution is -0.149. The smallest absolute Gasteiger partial charge is 0.416 e. The van der Waals surface area contributed by atoms with E-state index in [-0.39, 0.29) is 6.61 Å². The van der Waals surface area contributed by atoms with Crippen LogP contribution in [0.25, 0.3) is 16.8 Å². The molecular weight excluding hydrogens is 481 g/mol. The Morgan fingerprint density at radius 2 is 1.70 bits per heavy atom. The van der Waals surface area contributed by atoms with Crippen molar-refractivity contribution in [3.05, 3.63) is 89.4 Å². The average molecular weight is 511 g/mol. The number of ether oxygens (including phenoxy) is 1. The Labute approximate surface area is 213 Å². The van der Waals surface area contributed by atoms with Crippen molar-refractivity contribution in [2.75, 3.05) is 20.7 Å². The van der Waals surface area contributed by atoms with Crippen molar-refractivity contribution < 1.29 is 22.7 Å². The summed E-state index contributed by atoms with van der Waals surface area (Å²) in [5.41, 5.74) is 2.09. The number of rotatable bonds is 8. The Balaban J connectivity index is 1.93. The van der Waals surface area contributed by atoms with Gasteiger partial charge in [0.15, 0.2) is 5.65 Å². The van der Waals surface area contributed by atoms with Gasteiger partial charge in [-0.3, -0.25) is 4.79 Å². The van der Waals surface area contributed by atoms with Crippen LogP contribution >= 0.6 is 0 Å². The summed E-state index contributed by atoms with van der Waals surface area (Å²) in [5.74, 6) is -0.391. The van der Waals surface area contributed by atoms with E-state index in [2.05, 4.69) is 10.1 Å². The monoisotopic (exact) mass is 510 g/mol. The predicted molar refractivity (Wildman–Crippen MR) is 135 cm³/mol. The molecule has 0 radical (unpaired) electrons. The number of halogens is 3. The van der Waals surface area contributed by atoms with Gasteiger partial charge in [-0.2, -0.15) is 18.3 Å². The van der Waals surface area contributed by atoms with Crippen LogP contribution in [0.15, 0.2) is 67.0 Å². The Kier molecular flexibility index (Phi) is 7.36. The molecule has 37 heavy (non-hydrogen) atoms. The molecule has 194 valence electrons. The van der Waals surface area contributed by atoms with Gasteiger partial charge in [0.1, 0.15) is 5.41 Å². The number of hydrogen-bond acceptors (Lipinski definition) is 5. The van der Waals surface area contributed by atoms with Gasteiger partial charge >= 0.3 is 12.1 Å². The van der Waals surface area contributed by atoms with E-state index < -0.39 is 23.1 Å². The summed E-state index contributed by atoms with van der Waals surface area (Å²) in [5, 5.41) is 4.59. The fourth-order valence-electron chi connectivity index (χ4n) is 4.60. The lowest BCUT2D eigenvalue weighted by atomic mass is 9.78. The summed E-state index contributed by atoms with van der Waals surface area (Å²) in [6.45, 7) is 4.32. The number of carbonyl (C=O) groups is 1. The van der Waals surface area contributed by atoms with Gasteiger partial charge in [0.2, 0.25) is 0 Å². The Morgan fingerprint density at radius 1 is 1.03 bits per heavy atom. The molecule has 0 aliphatic carbocycles. The molecule has 0 spiro atoms. The first-order valence-electron chi connectivity index (χ1n) is 11.9. The SMILES string of the molecule is CCOC(=O)[C@](C)(Cc1ccccc1)c1c(CN(C)C)cnc2c(-c3ccc(C(F)(F)F)cc3)cnn12. The number of esters is 1. The van der Waals surface area contributed by atoms with Gasteiger partial charge in [0, 0.05) is 23.9 Å². The molecule has 2 heterocycles. The molecule has 4 rings (SSSR count). The molecule has 0 N–H and O–H groups in total. The molecule has 0 aliphatic heterocycles. The third kappa shape index (κ3) is 5.36. The normalized spacial score (nSPS) is 13.6. The average Bonchev–Trinajstić information content (AvgIpc) is 3.27. The molecule has 0 aliphatic rings. The highest BCUT2D eigenvalue weighted by Gasteiger charge is 2.42. The topological polar surface area (TPSA) is 59.7 Å². The van der Waals surface area contributed by atoms with E-state index in [0.717, 1.165) is 23.3 Å². The molecule has 0 unspecified atom stereocenters. The minimum atomic E-state index is -4.43. The first-order chi connectivity index (χ1) is 17.5. The second-order valence-corrected chi connectivity index (χ2v) is 9.45. The van der Waals surface area contributed by atoms with Crippen LogP contribution in [0, 0.1) is 0 Å². The standard InChI is InChI=1S/C28H29F3N4O2/c1-5-37-26(36)27(2,15-19-9-7-6-8-10-19)24-21(18-34(3)4)16-32-25-23(17-33-35(24)25)20-11-13-22(14-12-20)28(29,30)31/h6-14,16-17H,5,15,18H2,1-4H3/t27-/m1/s1. The first-order valence-corrected chi connectivity index (χ1v) is 11.9. The Hall–Kier alpha value is -3.72. The highest BCUT2D eigenvalue weighted by atomic mass is 19.4. The molecule has 0 amide bonds. The van der Waals surface area contributed by atoms with Crippen LogP contribution in [0.4, 0.5) is 13.2 Å². The van der Waals surface area contributed by atoms with E-state index in [9.17, 15) is 18.0 Å². The molecular formula is C28H29F3N4O2. The number of nitrogens with zero attached hydrogens (tertiary/aromatic N) is 4. The first kappa shape index (κ1) is 26.3. The van der Waals surface area contributed by atoms with Crippen LogP contribution < -0.4 is 0 Å². The van der Waals surface area contributed by atoms with Gasteiger partial charge in [0.05, 0.1) is 24.1 Å². The van der Waals surface area contributed by atoms with E-state index in [1.165, 1.54) is 12.1 Å². The van der Waals surface area contributed by atoms with E-state index in [0.29, 0.717) is 35.4 Å². The molecule has 9 heteroatoms. The minimum absolute atomic E-state index is 0.219. The van der Waals surface area contributed by atoms with Crippen molar-refractivity contribution in [3.8, 4) is 11.1 Å². The predicted octanol–water partition coefficient (Wildman–Crippen LogP) is 5.54. The molecule has 0 bridgehead atoms. The van der Waals surface area contributed by atoms with Crippen molar-refractivity contribution in [2.24, 2.45) is 0 Å². The highest BCUT2D eigenvalue weighted by Crippen LogP contribution is 2.36. The maximum atomic E-state index is 13.6. The lowest BCUT2D eigenvalue weighted by Crippen LogP contribution is -2.40. The molecule has 6 nitrogen and oxygen atoms in total. The largest absolute Gasteiger partial charge is 0.465 e. The van der Waals surface area contributed by atoms with E-state index >= 15 is 0 Å². The van der Waals surface area contributed by atoms with Crippen LogP contribution in [0.5, 0.6) is 0 Å². The quantitative estimate of drug-likeness (QED) is 0.291. The fraction of sp³-hybridized carbons (Fsp3) is 0.321.